The highest BCUT2D eigenvalue weighted by molar-refractivity contribution is 7.09. The number of aromatic nitrogens is 4. The SMILES string of the molecule is CCn1nc(C)c2nc(CCCl)n(CCc3cccs3)c21. The van der Waals surface area contributed by atoms with Crippen molar-refractivity contribution in [2.75, 3.05) is 5.88 Å². The molecule has 0 amide bonds. The summed E-state index contributed by atoms with van der Waals surface area (Å²) in [6, 6.07) is 4.28. The summed E-state index contributed by atoms with van der Waals surface area (Å²) in [7, 11) is 0. The van der Waals surface area contributed by atoms with E-state index in [2.05, 4.69) is 34.1 Å². The zero-order chi connectivity index (χ0) is 14.8. The van der Waals surface area contributed by atoms with E-state index in [1.807, 2.05) is 11.6 Å². The number of aryl methyl sites for hydroxylation is 5. The van der Waals surface area contributed by atoms with Gasteiger partial charge in [-0.05, 0) is 31.7 Å². The summed E-state index contributed by atoms with van der Waals surface area (Å²) in [6.45, 7) is 5.92. The van der Waals surface area contributed by atoms with Crippen LogP contribution < -0.4 is 0 Å². The fourth-order valence-electron chi connectivity index (χ4n) is 2.68. The van der Waals surface area contributed by atoms with E-state index in [9.17, 15) is 0 Å². The lowest BCUT2D eigenvalue weighted by atomic mass is 10.3. The molecule has 6 heteroatoms. The van der Waals surface area contributed by atoms with Crippen LogP contribution >= 0.6 is 22.9 Å². The van der Waals surface area contributed by atoms with Gasteiger partial charge < -0.3 is 4.57 Å². The lowest BCUT2D eigenvalue weighted by molar-refractivity contribution is 0.612. The van der Waals surface area contributed by atoms with Crippen LogP contribution in [0.3, 0.4) is 0 Å². The summed E-state index contributed by atoms with van der Waals surface area (Å²) in [4.78, 5) is 6.17. The summed E-state index contributed by atoms with van der Waals surface area (Å²) < 4.78 is 4.34. The molecular weight excluding hydrogens is 304 g/mol. The third-order valence-corrected chi connectivity index (χ3v) is 4.78. The number of imidazole rings is 1. The van der Waals surface area contributed by atoms with Crippen molar-refractivity contribution < 1.29 is 0 Å². The minimum Gasteiger partial charge on any atom is -0.312 e. The first-order valence-electron chi connectivity index (χ1n) is 7.25. The highest BCUT2D eigenvalue weighted by Crippen LogP contribution is 2.21. The molecule has 3 heterocycles. The predicted molar refractivity (Wildman–Crippen MR) is 88.4 cm³/mol. The largest absolute Gasteiger partial charge is 0.312 e. The van der Waals surface area contributed by atoms with Crippen LogP contribution in [0.2, 0.25) is 0 Å². The van der Waals surface area contributed by atoms with Crippen LogP contribution in [0.15, 0.2) is 17.5 Å². The van der Waals surface area contributed by atoms with Crippen molar-refractivity contribution in [3.8, 4) is 0 Å². The van der Waals surface area contributed by atoms with Gasteiger partial charge in [0.2, 0.25) is 0 Å². The molecule has 0 aliphatic rings. The van der Waals surface area contributed by atoms with Crippen LogP contribution in [0.25, 0.3) is 11.2 Å². The Kier molecular flexibility index (Phi) is 4.31. The molecule has 3 aromatic heterocycles. The maximum absolute atomic E-state index is 5.94. The third kappa shape index (κ3) is 2.72. The topological polar surface area (TPSA) is 35.6 Å². The summed E-state index contributed by atoms with van der Waals surface area (Å²) in [5.74, 6) is 1.66. The molecule has 0 fully saturated rings. The molecule has 0 spiro atoms. The van der Waals surface area contributed by atoms with Gasteiger partial charge in [0.05, 0.1) is 5.69 Å². The van der Waals surface area contributed by atoms with Gasteiger partial charge in [-0.25, -0.2) is 9.67 Å². The molecule has 3 rings (SSSR count). The number of halogens is 1. The Morgan fingerprint density at radius 1 is 1.33 bits per heavy atom. The van der Waals surface area contributed by atoms with Crippen molar-refractivity contribution in [3.05, 3.63) is 33.9 Å². The van der Waals surface area contributed by atoms with Gasteiger partial charge in [-0.1, -0.05) is 6.07 Å². The molecule has 4 nitrogen and oxygen atoms in total. The standard InChI is InChI=1S/C15H19ClN4S/c1-3-20-15-14(11(2)18-20)17-13(6-8-16)19(15)9-7-12-5-4-10-21-12/h4-5,10H,3,6-9H2,1-2H3. The summed E-state index contributed by atoms with van der Waals surface area (Å²) in [6.07, 6.45) is 1.82. The molecule has 0 saturated carbocycles. The highest BCUT2D eigenvalue weighted by Gasteiger charge is 2.17. The van der Waals surface area contributed by atoms with Crippen LogP contribution in [0.4, 0.5) is 0 Å². The first kappa shape index (κ1) is 14.6. The number of alkyl halides is 1. The maximum atomic E-state index is 5.94. The Morgan fingerprint density at radius 2 is 2.19 bits per heavy atom. The normalized spacial score (nSPS) is 11.6. The second-order valence-corrected chi connectivity index (χ2v) is 6.43. The molecule has 0 aliphatic carbocycles. The second kappa shape index (κ2) is 6.20. The summed E-state index contributed by atoms with van der Waals surface area (Å²) in [5.41, 5.74) is 3.15. The van der Waals surface area contributed by atoms with Gasteiger partial charge in [0, 0.05) is 30.3 Å². The molecule has 0 N–H and O–H groups in total. The molecule has 0 aliphatic heterocycles. The van der Waals surface area contributed by atoms with E-state index in [1.165, 1.54) is 4.88 Å². The Labute approximate surface area is 133 Å². The Balaban J connectivity index is 2.01. The van der Waals surface area contributed by atoms with Gasteiger partial charge in [0.15, 0.2) is 5.65 Å². The van der Waals surface area contributed by atoms with E-state index in [1.54, 1.807) is 11.3 Å². The molecule has 0 unspecified atom stereocenters. The van der Waals surface area contributed by atoms with E-state index in [-0.39, 0.29) is 0 Å². The number of thiophene rings is 1. The zero-order valence-electron chi connectivity index (χ0n) is 12.3. The maximum Gasteiger partial charge on any atom is 0.158 e. The summed E-state index contributed by atoms with van der Waals surface area (Å²) >= 11 is 7.74. The number of fused-ring (bicyclic) bond motifs is 1. The minimum atomic E-state index is 0.594. The van der Waals surface area contributed by atoms with Crippen LogP contribution in [0.5, 0.6) is 0 Å². The second-order valence-electron chi connectivity index (χ2n) is 5.02. The van der Waals surface area contributed by atoms with Gasteiger partial charge in [-0.2, -0.15) is 5.10 Å². The van der Waals surface area contributed by atoms with E-state index in [4.69, 9.17) is 16.6 Å². The van der Waals surface area contributed by atoms with Gasteiger partial charge >= 0.3 is 0 Å². The average molecular weight is 323 g/mol. The fourth-order valence-corrected chi connectivity index (χ4v) is 3.54. The lowest BCUT2D eigenvalue weighted by Crippen LogP contribution is -2.10. The molecule has 112 valence electrons. The minimum absolute atomic E-state index is 0.594. The van der Waals surface area contributed by atoms with Crippen molar-refractivity contribution in [2.24, 2.45) is 0 Å². The smallest absolute Gasteiger partial charge is 0.158 e. The van der Waals surface area contributed by atoms with E-state index in [0.717, 1.165) is 48.6 Å². The first-order valence-corrected chi connectivity index (χ1v) is 8.66. The fraction of sp³-hybridized carbons (Fsp3) is 0.467. The molecule has 0 radical (unpaired) electrons. The zero-order valence-corrected chi connectivity index (χ0v) is 13.9. The van der Waals surface area contributed by atoms with Crippen molar-refractivity contribution in [1.82, 2.24) is 19.3 Å². The van der Waals surface area contributed by atoms with Gasteiger partial charge in [-0.15, -0.1) is 22.9 Å². The quantitative estimate of drug-likeness (QED) is 0.649. The van der Waals surface area contributed by atoms with Crippen molar-refractivity contribution in [2.45, 2.75) is 39.8 Å². The van der Waals surface area contributed by atoms with Gasteiger partial charge in [0.25, 0.3) is 0 Å². The Morgan fingerprint density at radius 3 is 2.86 bits per heavy atom. The van der Waals surface area contributed by atoms with E-state index in [0.29, 0.717) is 5.88 Å². The van der Waals surface area contributed by atoms with Crippen molar-refractivity contribution in [1.29, 1.82) is 0 Å². The number of hydrogen-bond donors (Lipinski definition) is 0. The monoisotopic (exact) mass is 322 g/mol. The van der Waals surface area contributed by atoms with E-state index < -0.39 is 0 Å². The average Bonchev–Trinajstić information content (AvgIpc) is 3.16. The summed E-state index contributed by atoms with van der Waals surface area (Å²) in [5, 5.41) is 6.70. The van der Waals surface area contributed by atoms with Crippen LogP contribution in [-0.2, 0) is 25.9 Å². The number of hydrogen-bond acceptors (Lipinski definition) is 3. The lowest BCUT2D eigenvalue weighted by Gasteiger charge is -2.09. The van der Waals surface area contributed by atoms with Crippen LogP contribution in [-0.4, -0.2) is 25.2 Å². The number of rotatable bonds is 6. The van der Waals surface area contributed by atoms with Gasteiger partial charge in [0.1, 0.15) is 11.3 Å². The Bertz CT molecular complexity index is 727. The number of nitrogens with zero attached hydrogens (tertiary/aromatic N) is 4. The van der Waals surface area contributed by atoms with Crippen LogP contribution in [0.1, 0.15) is 23.3 Å². The Hall–Kier alpha value is -1.33. The van der Waals surface area contributed by atoms with Crippen LogP contribution in [0, 0.1) is 6.92 Å². The van der Waals surface area contributed by atoms with Crippen molar-refractivity contribution >= 4 is 34.1 Å². The molecule has 0 aromatic carbocycles. The highest BCUT2D eigenvalue weighted by atomic mass is 35.5. The molecule has 21 heavy (non-hydrogen) atoms. The molecule has 3 aromatic rings. The van der Waals surface area contributed by atoms with E-state index >= 15 is 0 Å². The van der Waals surface area contributed by atoms with Gasteiger partial charge in [-0.3, -0.25) is 0 Å². The molecule has 0 atom stereocenters. The third-order valence-electron chi connectivity index (χ3n) is 3.66. The van der Waals surface area contributed by atoms with Crippen molar-refractivity contribution in [3.63, 3.8) is 0 Å². The molecule has 0 saturated heterocycles. The molecule has 0 bridgehead atoms. The predicted octanol–water partition coefficient (Wildman–Crippen LogP) is 3.65. The first-order chi connectivity index (χ1) is 10.2. The molecular formula is C15H19ClN4S.